The molecule has 0 saturated carbocycles. The summed E-state index contributed by atoms with van der Waals surface area (Å²) in [6, 6.07) is -0.161. The molecule has 2 amide bonds. The number of amides is 2. The second-order valence-corrected chi connectivity index (χ2v) is 5.56. The number of carbonyl (C=O) groups is 2. The van der Waals surface area contributed by atoms with Crippen molar-refractivity contribution in [2.75, 3.05) is 20.2 Å². The van der Waals surface area contributed by atoms with Crippen molar-refractivity contribution in [1.29, 1.82) is 0 Å². The number of ether oxygens (including phenoxy) is 1. The molecule has 0 aliphatic rings. The predicted octanol–water partition coefficient (Wildman–Crippen LogP) is 2.41. The summed E-state index contributed by atoms with van der Waals surface area (Å²) in [5.74, 6) is -0.209. The molecule has 0 aromatic heterocycles. The number of hydrogen-bond donors (Lipinski definition) is 1. The Labute approximate surface area is 116 Å². The molecular weight excluding hydrogens is 244 g/mol. The van der Waals surface area contributed by atoms with Crippen LogP contribution in [-0.4, -0.2) is 42.6 Å². The third-order valence-corrected chi connectivity index (χ3v) is 3.15. The van der Waals surface area contributed by atoms with Gasteiger partial charge in [0.1, 0.15) is 6.61 Å². The van der Waals surface area contributed by atoms with Crippen LogP contribution >= 0.6 is 0 Å². The molecule has 0 bridgehead atoms. The Balaban J connectivity index is 4.35. The third kappa shape index (κ3) is 5.94. The molecule has 0 unspecified atom stereocenters. The number of rotatable bonds is 6. The van der Waals surface area contributed by atoms with Crippen molar-refractivity contribution in [2.45, 2.75) is 53.0 Å². The summed E-state index contributed by atoms with van der Waals surface area (Å²) in [6.45, 7) is 10.4. The fourth-order valence-corrected chi connectivity index (χ4v) is 1.85. The van der Waals surface area contributed by atoms with E-state index in [2.05, 4.69) is 5.32 Å². The van der Waals surface area contributed by atoms with Gasteiger partial charge < -0.3 is 15.0 Å². The van der Waals surface area contributed by atoms with E-state index in [9.17, 15) is 9.59 Å². The first-order valence-corrected chi connectivity index (χ1v) is 6.93. The molecule has 1 N–H and O–H groups in total. The summed E-state index contributed by atoms with van der Waals surface area (Å²) in [4.78, 5) is 25.1. The maximum Gasteiger partial charge on any atom is 0.317 e. The van der Waals surface area contributed by atoms with Crippen LogP contribution in [0, 0.1) is 5.92 Å². The van der Waals surface area contributed by atoms with Crippen LogP contribution in [-0.2, 0) is 9.53 Å². The molecule has 19 heavy (non-hydrogen) atoms. The predicted molar refractivity (Wildman–Crippen MR) is 75.9 cm³/mol. The molecule has 0 saturated heterocycles. The first kappa shape index (κ1) is 17.7. The second-order valence-electron chi connectivity index (χ2n) is 5.56. The summed E-state index contributed by atoms with van der Waals surface area (Å²) in [6.07, 6.45) is 1.57. The lowest BCUT2D eigenvalue weighted by Crippen LogP contribution is -2.51. The van der Waals surface area contributed by atoms with Gasteiger partial charge in [0, 0.05) is 12.6 Å². The van der Waals surface area contributed by atoms with Gasteiger partial charge in [0.2, 0.25) is 0 Å². The molecule has 0 aliphatic carbocycles. The zero-order valence-corrected chi connectivity index (χ0v) is 13.1. The van der Waals surface area contributed by atoms with Crippen LogP contribution in [0.3, 0.4) is 0 Å². The topological polar surface area (TPSA) is 58.6 Å². The van der Waals surface area contributed by atoms with Crippen LogP contribution in [0.4, 0.5) is 4.79 Å². The fourth-order valence-electron chi connectivity index (χ4n) is 1.85. The van der Waals surface area contributed by atoms with E-state index in [1.165, 1.54) is 0 Å². The number of hydrogen-bond acceptors (Lipinski definition) is 3. The van der Waals surface area contributed by atoms with Crippen LogP contribution in [0.2, 0.25) is 0 Å². The Morgan fingerprint density at radius 3 is 2.11 bits per heavy atom. The first-order chi connectivity index (χ1) is 8.77. The quantitative estimate of drug-likeness (QED) is 0.755. The zero-order valence-electron chi connectivity index (χ0n) is 13.1. The molecule has 0 heterocycles. The van der Waals surface area contributed by atoms with Gasteiger partial charge in [0.25, 0.3) is 0 Å². The highest BCUT2D eigenvalue weighted by Gasteiger charge is 2.26. The van der Waals surface area contributed by atoms with Gasteiger partial charge in [-0.25, -0.2) is 4.79 Å². The van der Waals surface area contributed by atoms with E-state index in [1.54, 1.807) is 11.9 Å². The van der Waals surface area contributed by atoms with E-state index in [0.29, 0.717) is 6.54 Å². The number of esters is 1. The van der Waals surface area contributed by atoms with Crippen LogP contribution in [0.15, 0.2) is 0 Å². The maximum absolute atomic E-state index is 11.8. The summed E-state index contributed by atoms with van der Waals surface area (Å²) < 4.78 is 5.25. The molecule has 0 aromatic carbocycles. The highest BCUT2D eigenvalue weighted by molar-refractivity contribution is 5.75. The minimum atomic E-state index is -0.304. The summed E-state index contributed by atoms with van der Waals surface area (Å²) in [5.41, 5.74) is -0.304. The Hall–Kier alpha value is -1.26. The van der Waals surface area contributed by atoms with E-state index in [0.717, 1.165) is 12.8 Å². The Kier molecular flexibility index (Phi) is 7.49. The molecule has 0 radical (unpaired) electrons. The van der Waals surface area contributed by atoms with Gasteiger partial charge in [-0.05, 0) is 33.6 Å². The Morgan fingerprint density at radius 1 is 1.21 bits per heavy atom. The minimum Gasteiger partial charge on any atom is -0.464 e. The van der Waals surface area contributed by atoms with Gasteiger partial charge in [0.15, 0.2) is 0 Å². The van der Waals surface area contributed by atoms with E-state index in [4.69, 9.17) is 4.74 Å². The van der Waals surface area contributed by atoms with Crippen LogP contribution in [0.5, 0.6) is 0 Å². The van der Waals surface area contributed by atoms with E-state index < -0.39 is 0 Å². The van der Waals surface area contributed by atoms with Crippen molar-refractivity contribution in [3.8, 4) is 0 Å². The van der Waals surface area contributed by atoms with Gasteiger partial charge in [0.05, 0.1) is 12.5 Å². The molecule has 0 aromatic rings. The lowest BCUT2D eigenvalue weighted by atomic mass is 10.0. The van der Waals surface area contributed by atoms with Gasteiger partial charge in [-0.15, -0.1) is 0 Å². The van der Waals surface area contributed by atoms with Crippen molar-refractivity contribution in [3.63, 3.8) is 0 Å². The van der Waals surface area contributed by atoms with Gasteiger partial charge in [-0.3, -0.25) is 4.79 Å². The normalized spacial score (nSPS) is 11.3. The smallest absolute Gasteiger partial charge is 0.317 e. The average molecular weight is 272 g/mol. The molecule has 112 valence electrons. The maximum atomic E-state index is 11.8. The first-order valence-electron chi connectivity index (χ1n) is 6.93. The minimum absolute atomic E-state index is 0.0388. The largest absolute Gasteiger partial charge is 0.464 e. The SMILES string of the molecule is CCC(CC)C(=O)OCCN(C(=O)NC)C(C)(C)C. The van der Waals surface area contributed by atoms with Gasteiger partial charge in [-0.2, -0.15) is 0 Å². The highest BCUT2D eigenvalue weighted by Crippen LogP contribution is 2.14. The van der Waals surface area contributed by atoms with Crippen molar-refractivity contribution in [2.24, 2.45) is 5.92 Å². The molecular formula is C14H28N2O3. The van der Waals surface area contributed by atoms with Crippen molar-refractivity contribution in [3.05, 3.63) is 0 Å². The number of nitrogens with one attached hydrogen (secondary N) is 1. The summed E-state index contributed by atoms with van der Waals surface area (Å²) >= 11 is 0. The van der Waals surface area contributed by atoms with Crippen molar-refractivity contribution >= 4 is 12.0 Å². The van der Waals surface area contributed by atoms with Crippen LogP contribution < -0.4 is 5.32 Å². The molecule has 0 atom stereocenters. The third-order valence-electron chi connectivity index (χ3n) is 3.15. The molecule has 0 spiro atoms. The fraction of sp³-hybridized carbons (Fsp3) is 0.857. The zero-order chi connectivity index (χ0) is 15.1. The van der Waals surface area contributed by atoms with E-state index in [-0.39, 0.29) is 30.1 Å². The number of carbonyl (C=O) groups excluding carboxylic acids is 2. The van der Waals surface area contributed by atoms with E-state index in [1.807, 2.05) is 34.6 Å². The molecule has 5 heteroatoms. The van der Waals surface area contributed by atoms with Crippen molar-refractivity contribution in [1.82, 2.24) is 10.2 Å². The number of nitrogens with zero attached hydrogens (tertiary/aromatic N) is 1. The molecule has 5 nitrogen and oxygen atoms in total. The highest BCUT2D eigenvalue weighted by atomic mass is 16.5. The van der Waals surface area contributed by atoms with Gasteiger partial charge in [-0.1, -0.05) is 13.8 Å². The Bertz CT molecular complexity index is 294. The standard InChI is InChI=1S/C14H28N2O3/c1-7-11(8-2)12(17)19-10-9-16(13(18)15-6)14(3,4)5/h11H,7-10H2,1-6H3,(H,15,18). The molecule has 0 fully saturated rings. The Morgan fingerprint density at radius 2 is 1.74 bits per heavy atom. The number of urea groups is 1. The molecule has 0 aliphatic heterocycles. The summed E-state index contributed by atoms with van der Waals surface area (Å²) in [7, 11) is 1.59. The lowest BCUT2D eigenvalue weighted by Gasteiger charge is -2.35. The van der Waals surface area contributed by atoms with Gasteiger partial charge >= 0.3 is 12.0 Å². The lowest BCUT2D eigenvalue weighted by molar-refractivity contribution is -0.149. The average Bonchev–Trinajstić information content (AvgIpc) is 2.33. The monoisotopic (exact) mass is 272 g/mol. The summed E-state index contributed by atoms with van der Waals surface area (Å²) in [5, 5.41) is 2.60. The second kappa shape index (κ2) is 8.02. The van der Waals surface area contributed by atoms with Crippen LogP contribution in [0.1, 0.15) is 47.5 Å². The van der Waals surface area contributed by atoms with Crippen LogP contribution in [0.25, 0.3) is 0 Å². The van der Waals surface area contributed by atoms with Crippen molar-refractivity contribution < 1.29 is 14.3 Å². The molecule has 0 rings (SSSR count). The van der Waals surface area contributed by atoms with E-state index >= 15 is 0 Å².